The number of amides is 1. The number of carbonyl (C=O) groups excluding carboxylic acids is 2. The predicted molar refractivity (Wildman–Crippen MR) is 89.0 cm³/mol. The maximum absolute atomic E-state index is 12.6. The number of benzene rings is 2. The van der Waals surface area contributed by atoms with Crippen LogP contribution in [0.25, 0.3) is 0 Å². The number of ketones is 1. The Balaban J connectivity index is 2.38. The number of nitrogens with two attached hydrogens (primary N) is 2. The Morgan fingerprint density at radius 2 is 1.68 bits per heavy atom. The summed E-state index contributed by atoms with van der Waals surface area (Å²) in [5.41, 5.74) is 13.5. The zero-order valence-electron chi connectivity index (χ0n) is 12.5. The first-order chi connectivity index (χ1) is 10.4. The zero-order valence-corrected chi connectivity index (χ0v) is 13.3. The van der Waals surface area contributed by atoms with Crippen molar-refractivity contribution in [2.75, 3.05) is 6.26 Å². The lowest BCUT2D eigenvalue weighted by molar-refractivity contribution is -0.119. The van der Waals surface area contributed by atoms with Crippen molar-refractivity contribution >= 4 is 23.5 Å². The van der Waals surface area contributed by atoms with Crippen LogP contribution in [0.3, 0.4) is 0 Å². The third kappa shape index (κ3) is 3.55. The van der Waals surface area contributed by atoms with Gasteiger partial charge in [-0.1, -0.05) is 11.6 Å². The van der Waals surface area contributed by atoms with E-state index >= 15 is 0 Å². The predicted octanol–water partition coefficient (Wildman–Crippen LogP) is 2.43. The molecule has 1 atom stereocenters. The molecule has 0 aliphatic carbocycles. The van der Waals surface area contributed by atoms with Gasteiger partial charge in [0.05, 0.1) is 0 Å². The molecule has 114 valence electrons. The van der Waals surface area contributed by atoms with E-state index in [9.17, 15) is 9.59 Å². The monoisotopic (exact) mass is 314 g/mol. The highest BCUT2D eigenvalue weighted by Gasteiger charge is 2.16. The number of hydrogen-bond donors (Lipinski definition) is 2. The summed E-state index contributed by atoms with van der Waals surface area (Å²) < 4.78 is 0. The van der Waals surface area contributed by atoms with E-state index in [-0.39, 0.29) is 5.78 Å². The van der Waals surface area contributed by atoms with Crippen LogP contribution < -0.4 is 11.5 Å². The summed E-state index contributed by atoms with van der Waals surface area (Å²) in [6, 6.07) is 11.7. The Bertz CT molecular complexity index is 711. The summed E-state index contributed by atoms with van der Waals surface area (Å²) in [5, 5.41) is 0. The molecule has 0 bridgehead atoms. The Morgan fingerprint density at radius 3 is 2.23 bits per heavy atom. The summed E-state index contributed by atoms with van der Waals surface area (Å²) in [5.74, 6) is -0.720. The van der Waals surface area contributed by atoms with Gasteiger partial charge in [-0.2, -0.15) is 0 Å². The molecule has 4 N–H and O–H groups in total. The number of hydrogen-bond acceptors (Lipinski definition) is 4. The van der Waals surface area contributed by atoms with Crippen LogP contribution in [-0.4, -0.2) is 17.9 Å². The molecule has 4 nitrogen and oxygen atoms in total. The van der Waals surface area contributed by atoms with E-state index in [1.165, 1.54) is 0 Å². The van der Waals surface area contributed by atoms with E-state index in [0.717, 1.165) is 10.5 Å². The number of primary amides is 1. The Kier molecular flexibility index (Phi) is 5.00. The number of aryl methyl sites for hydroxylation is 1. The van der Waals surface area contributed by atoms with Crippen LogP contribution in [-0.2, 0) is 4.79 Å². The lowest BCUT2D eigenvalue weighted by atomic mass is 9.96. The van der Waals surface area contributed by atoms with Crippen molar-refractivity contribution in [3.8, 4) is 0 Å². The fourth-order valence-corrected chi connectivity index (χ4v) is 2.60. The highest BCUT2D eigenvalue weighted by Crippen LogP contribution is 2.20. The average molecular weight is 314 g/mol. The fraction of sp³-hybridized carbons (Fsp3) is 0.176. The summed E-state index contributed by atoms with van der Waals surface area (Å²) in [4.78, 5) is 24.9. The van der Waals surface area contributed by atoms with Crippen molar-refractivity contribution in [2.24, 2.45) is 11.5 Å². The number of thioether (sulfide) groups is 1. The molecule has 0 saturated heterocycles. The summed E-state index contributed by atoms with van der Waals surface area (Å²) in [7, 11) is 0. The van der Waals surface area contributed by atoms with Crippen LogP contribution in [0.1, 0.15) is 33.1 Å². The molecule has 0 heterocycles. The van der Waals surface area contributed by atoms with Crippen LogP contribution in [0.15, 0.2) is 47.4 Å². The summed E-state index contributed by atoms with van der Waals surface area (Å²) >= 11 is 1.62. The van der Waals surface area contributed by atoms with E-state index < -0.39 is 11.9 Å². The average Bonchev–Trinajstić information content (AvgIpc) is 2.52. The SMILES string of the molecule is CSc1ccc(C(=O)c2cc(C)cc(C(N)C(N)=O)c2)cc1. The third-order valence-electron chi connectivity index (χ3n) is 3.38. The zero-order chi connectivity index (χ0) is 16.3. The summed E-state index contributed by atoms with van der Waals surface area (Å²) in [6.45, 7) is 1.85. The molecule has 22 heavy (non-hydrogen) atoms. The van der Waals surface area contributed by atoms with Crippen LogP contribution in [0.4, 0.5) is 0 Å². The molecule has 0 aliphatic rings. The molecule has 0 aliphatic heterocycles. The maximum Gasteiger partial charge on any atom is 0.238 e. The molecule has 1 amide bonds. The smallest absolute Gasteiger partial charge is 0.238 e. The van der Waals surface area contributed by atoms with Crippen LogP contribution >= 0.6 is 11.8 Å². The van der Waals surface area contributed by atoms with Crippen molar-refractivity contribution in [3.05, 3.63) is 64.7 Å². The largest absolute Gasteiger partial charge is 0.368 e. The van der Waals surface area contributed by atoms with Gasteiger partial charge in [-0.25, -0.2) is 0 Å². The number of rotatable bonds is 5. The standard InChI is InChI=1S/C17H18N2O2S/c1-10-7-12(15(18)17(19)21)9-13(8-10)16(20)11-3-5-14(22-2)6-4-11/h3-9,15H,18H2,1-2H3,(H2,19,21). The van der Waals surface area contributed by atoms with Crippen molar-refractivity contribution < 1.29 is 9.59 Å². The molecule has 1 unspecified atom stereocenters. The second kappa shape index (κ2) is 6.77. The quantitative estimate of drug-likeness (QED) is 0.655. The van der Waals surface area contributed by atoms with Crippen LogP contribution in [0, 0.1) is 6.92 Å². The maximum atomic E-state index is 12.6. The minimum Gasteiger partial charge on any atom is -0.368 e. The number of carbonyl (C=O) groups is 2. The Morgan fingerprint density at radius 1 is 1.05 bits per heavy atom. The van der Waals surface area contributed by atoms with Crippen LogP contribution in [0.2, 0.25) is 0 Å². The van der Waals surface area contributed by atoms with Crippen molar-refractivity contribution in [3.63, 3.8) is 0 Å². The molecule has 2 aromatic carbocycles. The van der Waals surface area contributed by atoms with E-state index in [4.69, 9.17) is 11.5 Å². The van der Waals surface area contributed by atoms with E-state index in [1.807, 2.05) is 25.3 Å². The van der Waals surface area contributed by atoms with Gasteiger partial charge in [-0.3, -0.25) is 9.59 Å². The second-order valence-corrected chi connectivity index (χ2v) is 5.95. The minimum atomic E-state index is -0.912. The first-order valence-electron chi connectivity index (χ1n) is 6.77. The van der Waals surface area contributed by atoms with Crippen molar-refractivity contribution in [2.45, 2.75) is 17.9 Å². The van der Waals surface area contributed by atoms with Gasteiger partial charge in [-0.15, -0.1) is 11.8 Å². The molecule has 0 saturated carbocycles. The van der Waals surface area contributed by atoms with Gasteiger partial charge in [0.1, 0.15) is 6.04 Å². The lowest BCUT2D eigenvalue weighted by Crippen LogP contribution is -2.28. The first kappa shape index (κ1) is 16.3. The molecular weight excluding hydrogens is 296 g/mol. The molecule has 2 rings (SSSR count). The van der Waals surface area contributed by atoms with Gasteiger partial charge in [0.2, 0.25) is 5.91 Å². The van der Waals surface area contributed by atoms with Gasteiger partial charge in [0, 0.05) is 16.0 Å². The first-order valence-corrected chi connectivity index (χ1v) is 8.00. The topological polar surface area (TPSA) is 86.2 Å². The molecule has 0 aromatic heterocycles. The molecule has 2 aromatic rings. The van der Waals surface area contributed by atoms with E-state index in [0.29, 0.717) is 16.7 Å². The van der Waals surface area contributed by atoms with E-state index in [2.05, 4.69) is 0 Å². The highest BCUT2D eigenvalue weighted by molar-refractivity contribution is 7.98. The lowest BCUT2D eigenvalue weighted by Gasteiger charge is -2.11. The summed E-state index contributed by atoms with van der Waals surface area (Å²) in [6.07, 6.45) is 1.98. The van der Waals surface area contributed by atoms with Crippen LogP contribution in [0.5, 0.6) is 0 Å². The molecule has 0 spiro atoms. The highest BCUT2D eigenvalue weighted by atomic mass is 32.2. The van der Waals surface area contributed by atoms with Crippen molar-refractivity contribution in [1.82, 2.24) is 0 Å². The molecular formula is C17H18N2O2S. The van der Waals surface area contributed by atoms with Gasteiger partial charge in [0.25, 0.3) is 0 Å². The van der Waals surface area contributed by atoms with Gasteiger partial charge in [0.15, 0.2) is 5.78 Å². The van der Waals surface area contributed by atoms with Gasteiger partial charge in [-0.05, 0) is 55.1 Å². The van der Waals surface area contributed by atoms with Crippen molar-refractivity contribution in [1.29, 1.82) is 0 Å². The minimum absolute atomic E-state index is 0.103. The Labute approximate surface area is 133 Å². The van der Waals surface area contributed by atoms with E-state index in [1.54, 1.807) is 42.1 Å². The molecule has 0 fully saturated rings. The molecule has 0 radical (unpaired) electrons. The second-order valence-electron chi connectivity index (χ2n) is 5.07. The normalized spacial score (nSPS) is 12.0. The van der Waals surface area contributed by atoms with Gasteiger partial charge >= 0.3 is 0 Å². The Hall–Kier alpha value is -2.11. The van der Waals surface area contributed by atoms with Gasteiger partial charge < -0.3 is 11.5 Å². The molecule has 5 heteroatoms. The third-order valence-corrected chi connectivity index (χ3v) is 4.12. The fourth-order valence-electron chi connectivity index (χ4n) is 2.20.